The van der Waals surface area contributed by atoms with Crippen LogP contribution in [0.3, 0.4) is 0 Å². The van der Waals surface area contributed by atoms with Crippen LogP contribution >= 0.6 is 0 Å². The highest BCUT2D eigenvalue weighted by atomic mass is 16.5. The Kier molecular flexibility index (Phi) is 4.71. The predicted octanol–water partition coefficient (Wildman–Crippen LogP) is 2.24. The second-order valence-corrected chi connectivity index (χ2v) is 6.86. The molecule has 4 nitrogen and oxygen atoms in total. The molecule has 19 heavy (non-hydrogen) atoms. The smallest absolute Gasteiger partial charge is 0.191 e. The van der Waals surface area contributed by atoms with Crippen molar-refractivity contribution >= 4 is 5.96 Å². The second-order valence-electron chi connectivity index (χ2n) is 6.86. The molecular formula is C15H29N3O. The normalized spacial score (nSPS) is 32.4. The van der Waals surface area contributed by atoms with Gasteiger partial charge in [-0.05, 0) is 51.4 Å². The van der Waals surface area contributed by atoms with Gasteiger partial charge in [0.1, 0.15) is 0 Å². The highest BCUT2D eigenvalue weighted by Gasteiger charge is 2.28. The van der Waals surface area contributed by atoms with Crippen molar-refractivity contribution in [3.05, 3.63) is 0 Å². The maximum atomic E-state index is 6.14. The molecule has 4 heteroatoms. The van der Waals surface area contributed by atoms with Gasteiger partial charge in [0.05, 0.1) is 5.60 Å². The Morgan fingerprint density at radius 2 is 2.21 bits per heavy atom. The summed E-state index contributed by atoms with van der Waals surface area (Å²) >= 11 is 0. The fourth-order valence-electron chi connectivity index (χ4n) is 3.23. The molecule has 0 amide bonds. The summed E-state index contributed by atoms with van der Waals surface area (Å²) in [5, 5.41) is 0. The summed E-state index contributed by atoms with van der Waals surface area (Å²) in [6, 6.07) is 0. The van der Waals surface area contributed by atoms with Gasteiger partial charge >= 0.3 is 0 Å². The largest absolute Gasteiger partial charge is 0.376 e. The van der Waals surface area contributed by atoms with Crippen molar-refractivity contribution in [3.63, 3.8) is 0 Å². The minimum absolute atomic E-state index is 0.00678. The molecule has 0 aromatic rings. The number of nitrogens with two attached hydrogens (primary N) is 1. The van der Waals surface area contributed by atoms with Crippen LogP contribution < -0.4 is 5.73 Å². The fraction of sp³-hybridized carbons (Fsp3) is 0.933. The molecule has 0 aliphatic carbocycles. The molecule has 2 aliphatic rings. The lowest BCUT2D eigenvalue weighted by molar-refractivity contribution is -0.0705. The van der Waals surface area contributed by atoms with Crippen molar-refractivity contribution in [3.8, 4) is 0 Å². The molecule has 0 aromatic carbocycles. The summed E-state index contributed by atoms with van der Waals surface area (Å²) in [5.41, 5.74) is 6.15. The van der Waals surface area contributed by atoms with Crippen LogP contribution in [-0.2, 0) is 4.74 Å². The highest BCUT2D eigenvalue weighted by molar-refractivity contribution is 5.78. The summed E-state index contributed by atoms with van der Waals surface area (Å²) < 4.78 is 5.74. The van der Waals surface area contributed by atoms with Gasteiger partial charge in [-0.15, -0.1) is 0 Å². The first-order valence-corrected chi connectivity index (χ1v) is 7.65. The maximum absolute atomic E-state index is 6.14. The number of aliphatic imine (C=N–C) groups is 1. The first kappa shape index (κ1) is 14.6. The SMILES string of the molecule is CC1CCCN(C(N)=NCC2CCOC(C)(C)C2)C1. The molecule has 2 atom stereocenters. The van der Waals surface area contributed by atoms with Gasteiger partial charge in [-0.3, -0.25) is 4.99 Å². The van der Waals surface area contributed by atoms with E-state index in [2.05, 4.69) is 30.7 Å². The van der Waals surface area contributed by atoms with E-state index in [9.17, 15) is 0 Å². The molecule has 2 fully saturated rings. The molecule has 0 spiro atoms. The average Bonchev–Trinajstić information content (AvgIpc) is 2.35. The van der Waals surface area contributed by atoms with Gasteiger partial charge in [-0.1, -0.05) is 6.92 Å². The zero-order valence-corrected chi connectivity index (χ0v) is 12.7. The third kappa shape index (κ3) is 4.37. The molecule has 2 aliphatic heterocycles. The third-order valence-electron chi connectivity index (χ3n) is 4.29. The van der Waals surface area contributed by atoms with Crippen molar-refractivity contribution < 1.29 is 4.74 Å². The minimum Gasteiger partial charge on any atom is -0.376 e. The summed E-state index contributed by atoms with van der Waals surface area (Å²) in [4.78, 5) is 6.88. The zero-order valence-electron chi connectivity index (χ0n) is 12.7. The first-order valence-electron chi connectivity index (χ1n) is 7.65. The molecule has 2 unspecified atom stereocenters. The second kappa shape index (κ2) is 6.12. The van der Waals surface area contributed by atoms with Gasteiger partial charge in [-0.25, -0.2) is 0 Å². The van der Waals surface area contributed by atoms with E-state index in [0.717, 1.165) is 51.0 Å². The van der Waals surface area contributed by atoms with E-state index >= 15 is 0 Å². The van der Waals surface area contributed by atoms with Crippen molar-refractivity contribution in [1.82, 2.24) is 4.90 Å². The molecule has 0 aromatic heterocycles. The fourth-order valence-corrected chi connectivity index (χ4v) is 3.23. The van der Waals surface area contributed by atoms with Crippen LogP contribution in [0.15, 0.2) is 4.99 Å². The number of ether oxygens (including phenoxy) is 1. The molecule has 2 saturated heterocycles. The Bertz CT molecular complexity index is 327. The van der Waals surface area contributed by atoms with Crippen LogP contribution in [0.5, 0.6) is 0 Å². The lowest BCUT2D eigenvalue weighted by Crippen LogP contribution is -2.44. The van der Waals surface area contributed by atoms with E-state index in [1.807, 2.05) is 0 Å². The minimum atomic E-state index is 0.00678. The Balaban J connectivity index is 1.83. The summed E-state index contributed by atoms with van der Waals surface area (Å²) in [6.45, 7) is 10.5. The molecule has 0 saturated carbocycles. The van der Waals surface area contributed by atoms with Crippen molar-refractivity contribution in [2.45, 2.75) is 52.1 Å². The van der Waals surface area contributed by atoms with Crippen molar-refractivity contribution in [2.75, 3.05) is 26.2 Å². The predicted molar refractivity (Wildman–Crippen MR) is 79.2 cm³/mol. The standard InChI is InChI=1S/C15H29N3O/c1-12-5-4-7-18(11-12)14(16)17-10-13-6-8-19-15(2,3)9-13/h12-13H,4-11H2,1-3H3,(H2,16,17). The molecule has 0 radical (unpaired) electrons. The van der Waals surface area contributed by atoms with Crippen LogP contribution in [0, 0.1) is 11.8 Å². The van der Waals surface area contributed by atoms with E-state index in [4.69, 9.17) is 10.5 Å². The molecule has 0 bridgehead atoms. The zero-order chi connectivity index (χ0) is 13.9. The van der Waals surface area contributed by atoms with Crippen LogP contribution in [-0.4, -0.2) is 42.7 Å². The van der Waals surface area contributed by atoms with Gasteiger partial charge in [0, 0.05) is 26.2 Å². The van der Waals surface area contributed by atoms with Gasteiger partial charge in [0.15, 0.2) is 5.96 Å². The molecule has 2 rings (SSSR count). The monoisotopic (exact) mass is 267 g/mol. The maximum Gasteiger partial charge on any atom is 0.191 e. The number of hydrogen-bond donors (Lipinski definition) is 1. The van der Waals surface area contributed by atoms with Gasteiger partial charge in [0.25, 0.3) is 0 Å². The number of nitrogens with zero attached hydrogens (tertiary/aromatic N) is 2. The Labute approximate surface area is 117 Å². The summed E-state index contributed by atoms with van der Waals surface area (Å²) in [6.07, 6.45) is 4.75. The highest BCUT2D eigenvalue weighted by Crippen LogP contribution is 2.28. The summed E-state index contributed by atoms with van der Waals surface area (Å²) in [7, 11) is 0. The van der Waals surface area contributed by atoms with E-state index in [1.165, 1.54) is 12.8 Å². The summed E-state index contributed by atoms with van der Waals surface area (Å²) in [5.74, 6) is 2.10. The van der Waals surface area contributed by atoms with Crippen LogP contribution in [0.2, 0.25) is 0 Å². The van der Waals surface area contributed by atoms with E-state index in [0.29, 0.717) is 5.92 Å². The number of likely N-dealkylation sites (tertiary alicyclic amines) is 1. The van der Waals surface area contributed by atoms with Crippen LogP contribution in [0.25, 0.3) is 0 Å². The molecule has 2 heterocycles. The lowest BCUT2D eigenvalue weighted by Gasteiger charge is -2.35. The molecule has 2 N–H and O–H groups in total. The number of rotatable bonds is 2. The molecular weight excluding hydrogens is 238 g/mol. The average molecular weight is 267 g/mol. The quantitative estimate of drug-likeness (QED) is 0.616. The number of guanidine groups is 1. The first-order chi connectivity index (χ1) is 8.96. The van der Waals surface area contributed by atoms with Gasteiger partial charge in [0.2, 0.25) is 0 Å². The Hall–Kier alpha value is -0.770. The van der Waals surface area contributed by atoms with Crippen molar-refractivity contribution in [1.29, 1.82) is 0 Å². The van der Waals surface area contributed by atoms with Crippen LogP contribution in [0.1, 0.15) is 46.5 Å². The Morgan fingerprint density at radius 3 is 2.89 bits per heavy atom. The lowest BCUT2D eigenvalue weighted by atomic mass is 9.88. The van der Waals surface area contributed by atoms with Crippen LogP contribution in [0.4, 0.5) is 0 Å². The molecule has 110 valence electrons. The van der Waals surface area contributed by atoms with E-state index < -0.39 is 0 Å². The number of hydrogen-bond acceptors (Lipinski definition) is 2. The Morgan fingerprint density at radius 1 is 1.42 bits per heavy atom. The van der Waals surface area contributed by atoms with Gasteiger partial charge < -0.3 is 15.4 Å². The van der Waals surface area contributed by atoms with E-state index in [1.54, 1.807) is 0 Å². The third-order valence-corrected chi connectivity index (χ3v) is 4.29. The topological polar surface area (TPSA) is 50.8 Å². The van der Waals surface area contributed by atoms with E-state index in [-0.39, 0.29) is 5.60 Å². The van der Waals surface area contributed by atoms with Crippen molar-refractivity contribution in [2.24, 2.45) is 22.6 Å². The number of piperidine rings is 1. The van der Waals surface area contributed by atoms with Gasteiger partial charge in [-0.2, -0.15) is 0 Å².